The number of nitrogens with zero attached hydrogens (tertiary/aromatic N) is 1. The van der Waals surface area contributed by atoms with Crippen molar-refractivity contribution in [2.75, 3.05) is 13.1 Å². The maximum absolute atomic E-state index is 12.4. The Morgan fingerprint density at radius 3 is 2.12 bits per heavy atom. The van der Waals surface area contributed by atoms with Crippen LogP contribution in [-0.4, -0.2) is 47.7 Å². The van der Waals surface area contributed by atoms with Crippen LogP contribution in [0.1, 0.15) is 62.3 Å². The summed E-state index contributed by atoms with van der Waals surface area (Å²) in [4.78, 5) is 14.8. The van der Waals surface area contributed by atoms with Crippen LogP contribution in [0.15, 0.2) is 23.8 Å². The molecule has 1 N–H and O–H groups in total. The van der Waals surface area contributed by atoms with Crippen molar-refractivity contribution in [2.24, 2.45) is 0 Å². The number of ether oxygens (including phenoxy) is 1. The summed E-state index contributed by atoms with van der Waals surface area (Å²) in [6.07, 6.45) is 6.29. The summed E-state index contributed by atoms with van der Waals surface area (Å²) >= 11 is 0. The Bertz CT molecular complexity index is 425. The molecule has 0 aromatic carbocycles. The molecule has 4 heteroatoms. The van der Waals surface area contributed by atoms with Crippen molar-refractivity contribution in [2.45, 2.75) is 86.1 Å². The zero-order chi connectivity index (χ0) is 18.9. The van der Waals surface area contributed by atoms with Crippen molar-refractivity contribution in [3.63, 3.8) is 0 Å². The van der Waals surface area contributed by atoms with Gasteiger partial charge in [-0.3, -0.25) is 9.69 Å². The predicted molar refractivity (Wildman–Crippen MR) is 103 cm³/mol. The predicted octanol–water partition coefficient (Wildman–Crippen LogP) is 3.93. The molecule has 0 aromatic rings. The Labute approximate surface area is 149 Å². The first-order valence-corrected chi connectivity index (χ1v) is 9.19. The van der Waals surface area contributed by atoms with Crippen LogP contribution in [0.5, 0.6) is 0 Å². The Balaban J connectivity index is 0.00000254. The summed E-state index contributed by atoms with van der Waals surface area (Å²) in [5.41, 5.74) is 0.486. The third kappa shape index (κ3) is 8.65. The molecule has 0 radical (unpaired) electrons. The lowest BCUT2D eigenvalue weighted by atomic mass is 10.1. The van der Waals surface area contributed by atoms with E-state index in [1.54, 1.807) is 0 Å². The Kier molecular flexibility index (Phi) is 10.2. The summed E-state index contributed by atoms with van der Waals surface area (Å²) in [5.74, 6) is -0.0215. The van der Waals surface area contributed by atoms with Crippen molar-refractivity contribution in [3.8, 4) is 0 Å². The molecule has 3 unspecified atom stereocenters. The number of carbonyl (C=O) groups is 1. The third-order valence-corrected chi connectivity index (χ3v) is 3.54. The molecule has 1 fully saturated rings. The second-order valence-corrected chi connectivity index (χ2v) is 7.28. The minimum Gasteiger partial charge on any atom is -0.373 e. The highest BCUT2D eigenvalue weighted by Gasteiger charge is 2.25. The quantitative estimate of drug-likeness (QED) is 0.624. The molecule has 140 valence electrons. The highest BCUT2D eigenvalue weighted by molar-refractivity contribution is 5.96. The molecule has 0 aliphatic carbocycles. The van der Waals surface area contributed by atoms with E-state index in [2.05, 4.69) is 31.0 Å². The van der Waals surface area contributed by atoms with Gasteiger partial charge in [0, 0.05) is 30.2 Å². The molecule has 1 heterocycles. The highest BCUT2D eigenvalue weighted by atomic mass is 16.5. The normalized spacial score (nSPS) is 24.3. The summed E-state index contributed by atoms with van der Waals surface area (Å²) in [6.45, 7) is 20.0. The number of morpholine rings is 1. The lowest BCUT2D eigenvalue weighted by molar-refractivity contribution is -0.118. The third-order valence-electron chi connectivity index (χ3n) is 3.54. The zero-order valence-corrected chi connectivity index (χ0v) is 17.1. The summed E-state index contributed by atoms with van der Waals surface area (Å²) in [6, 6.07) is 0.200. The van der Waals surface area contributed by atoms with Gasteiger partial charge in [0.15, 0.2) is 0 Å². The number of hydrogen-bond donors (Lipinski definition) is 1. The topological polar surface area (TPSA) is 41.6 Å². The Hall–Kier alpha value is -1.13. The van der Waals surface area contributed by atoms with Gasteiger partial charge < -0.3 is 10.1 Å². The van der Waals surface area contributed by atoms with Crippen LogP contribution in [0, 0.1) is 0 Å². The molecule has 1 rings (SSSR count). The fourth-order valence-corrected chi connectivity index (χ4v) is 2.71. The number of allylic oxidation sites excluding steroid dienone is 1. The van der Waals surface area contributed by atoms with Crippen LogP contribution in [0.25, 0.3) is 0 Å². The highest BCUT2D eigenvalue weighted by Crippen LogP contribution is 2.16. The molecule has 4 nitrogen and oxygen atoms in total. The van der Waals surface area contributed by atoms with E-state index < -0.39 is 0 Å². The van der Waals surface area contributed by atoms with Crippen LogP contribution in [0.4, 0.5) is 0 Å². The van der Waals surface area contributed by atoms with Gasteiger partial charge in [-0.05, 0) is 48.5 Å². The van der Waals surface area contributed by atoms with E-state index in [-0.39, 0.29) is 29.7 Å². The van der Waals surface area contributed by atoms with E-state index in [0.29, 0.717) is 0 Å². The molecule has 1 aliphatic heterocycles. The molecule has 24 heavy (non-hydrogen) atoms. The minimum atomic E-state index is -0.233. The van der Waals surface area contributed by atoms with Gasteiger partial charge in [-0.15, -0.1) is 0 Å². The van der Waals surface area contributed by atoms with E-state index in [4.69, 9.17) is 4.74 Å². The Morgan fingerprint density at radius 1 is 1.21 bits per heavy atom. The number of rotatable bonds is 4. The summed E-state index contributed by atoms with van der Waals surface area (Å²) in [7, 11) is 0. The van der Waals surface area contributed by atoms with Crippen molar-refractivity contribution in [1.29, 1.82) is 0 Å². The largest absolute Gasteiger partial charge is 0.373 e. The summed E-state index contributed by atoms with van der Waals surface area (Å²) in [5, 5.41) is 3.03. The minimum absolute atomic E-state index is 0.0215. The zero-order valence-electron chi connectivity index (χ0n) is 17.1. The van der Waals surface area contributed by atoms with Crippen molar-refractivity contribution in [1.82, 2.24) is 10.2 Å². The molecule has 1 aliphatic rings. The van der Waals surface area contributed by atoms with Crippen LogP contribution in [0.2, 0.25) is 0 Å². The molecule has 0 aromatic heterocycles. The van der Waals surface area contributed by atoms with Crippen LogP contribution in [0.3, 0.4) is 0 Å². The molecule has 1 amide bonds. The molecule has 3 atom stereocenters. The average molecular weight is 339 g/mol. The monoisotopic (exact) mass is 338 g/mol. The van der Waals surface area contributed by atoms with E-state index >= 15 is 0 Å². The first-order chi connectivity index (χ1) is 11.1. The molecular weight excluding hydrogens is 300 g/mol. The van der Waals surface area contributed by atoms with E-state index in [0.717, 1.165) is 18.7 Å². The molecule has 0 bridgehead atoms. The van der Waals surface area contributed by atoms with Gasteiger partial charge in [0.2, 0.25) is 0 Å². The van der Waals surface area contributed by atoms with Crippen LogP contribution < -0.4 is 5.32 Å². The van der Waals surface area contributed by atoms with Gasteiger partial charge in [-0.25, -0.2) is 0 Å². The number of hydrogen-bond acceptors (Lipinski definition) is 3. The van der Waals surface area contributed by atoms with Crippen molar-refractivity contribution in [3.05, 3.63) is 23.8 Å². The molecule has 0 spiro atoms. The standard InChI is InChI=1S/C18H32N2O2.C2H6/c1-8-9-16(17(21)19-18(5,6)7)10-13(2)20-11-14(3)22-15(4)12-20;1-2/h8-10,13-15H,11-12H2,1-7H3,(H,19,21);1-2H3/b9-8-,16-10+;. The average Bonchev–Trinajstić information content (AvgIpc) is 2.46. The van der Waals surface area contributed by atoms with Crippen LogP contribution >= 0.6 is 0 Å². The van der Waals surface area contributed by atoms with E-state index in [9.17, 15) is 4.79 Å². The molecule has 0 saturated carbocycles. The van der Waals surface area contributed by atoms with E-state index in [1.807, 2.05) is 59.8 Å². The maximum atomic E-state index is 12.4. The molecular formula is C20H38N2O2. The number of amides is 1. The Morgan fingerprint density at radius 2 is 1.71 bits per heavy atom. The summed E-state index contributed by atoms with van der Waals surface area (Å²) < 4.78 is 5.78. The molecule has 1 saturated heterocycles. The smallest absolute Gasteiger partial charge is 0.251 e. The second kappa shape index (κ2) is 10.7. The van der Waals surface area contributed by atoms with Gasteiger partial charge in [0.25, 0.3) is 5.91 Å². The lowest BCUT2D eigenvalue weighted by Crippen LogP contribution is -2.49. The van der Waals surface area contributed by atoms with Gasteiger partial charge in [-0.1, -0.05) is 32.1 Å². The fourth-order valence-electron chi connectivity index (χ4n) is 2.71. The maximum Gasteiger partial charge on any atom is 0.251 e. The number of nitrogens with one attached hydrogen (secondary N) is 1. The first kappa shape index (κ1) is 22.9. The fraction of sp³-hybridized carbons (Fsp3) is 0.750. The van der Waals surface area contributed by atoms with Crippen LogP contribution in [-0.2, 0) is 9.53 Å². The number of carbonyl (C=O) groups excluding carboxylic acids is 1. The van der Waals surface area contributed by atoms with Crippen molar-refractivity contribution >= 4 is 5.91 Å². The van der Waals surface area contributed by atoms with E-state index in [1.165, 1.54) is 0 Å². The SMILES string of the molecule is C/C=C\C(=C/C(C)N1CC(C)OC(C)C1)C(=O)NC(C)(C)C.CC. The van der Waals surface area contributed by atoms with Gasteiger partial charge in [0.05, 0.1) is 12.2 Å². The lowest BCUT2D eigenvalue weighted by Gasteiger charge is -2.38. The van der Waals surface area contributed by atoms with Gasteiger partial charge >= 0.3 is 0 Å². The van der Waals surface area contributed by atoms with Crippen molar-refractivity contribution < 1.29 is 9.53 Å². The second-order valence-electron chi connectivity index (χ2n) is 7.28. The van der Waals surface area contributed by atoms with Gasteiger partial charge in [0.1, 0.15) is 0 Å². The first-order valence-electron chi connectivity index (χ1n) is 9.19. The van der Waals surface area contributed by atoms with Gasteiger partial charge in [-0.2, -0.15) is 0 Å².